The number of cyclic esters (lactones) is 1. The van der Waals surface area contributed by atoms with Crippen LogP contribution in [0.25, 0.3) is 6.08 Å². The number of aliphatic hydroxyl groups excluding tert-OH is 2. The molecule has 3 rings (SSSR count). The van der Waals surface area contributed by atoms with Gasteiger partial charge in [0.25, 0.3) is 0 Å². The van der Waals surface area contributed by atoms with Gasteiger partial charge in [-0.25, -0.2) is 0 Å². The molecule has 0 radical (unpaired) electrons. The van der Waals surface area contributed by atoms with Crippen molar-refractivity contribution in [2.75, 3.05) is 20.7 Å². The van der Waals surface area contributed by atoms with Gasteiger partial charge in [0.15, 0.2) is 12.1 Å². The molecule has 11 nitrogen and oxygen atoms in total. The fourth-order valence-electron chi connectivity index (χ4n) is 7.37. The predicted octanol–water partition coefficient (Wildman–Crippen LogP) is 4.46. The van der Waals surface area contributed by atoms with Crippen molar-refractivity contribution >= 4 is 35.2 Å². The Balaban J connectivity index is 2.13. The zero-order valence-corrected chi connectivity index (χ0v) is 31.9. The Morgan fingerprint density at radius 3 is 2.20 bits per heavy atom. The lowest BCUT2D eigenvalue weighted by molar-refractivity contribution is -0.296. The zero-order chi connectivity index (χ0) is 37.7. The van der Waals surface area contributed by atoms with Gasteiger partial charge in [0, 0.05) is 28.8 Å². The summed E-state index contributed by atoms with van der Waals surface area (Å²) in [5.41, 5.74) is -2.48. The van der Waals surface area contributed by atoms with Gasteiger partial charge >= 0.3 is 5.97 Å². The van der Waals surface area contributed by atoms with Crippen LogP contribution in [0.2, 0.25) is 5.02 Å². The highest BCUT2D eigenvalue weighted by atomic mass is 35.5. The fourth-order valence-corrected chi connectivity index (χ4v) is 7.50. The molecule has 1 aromatic carbocycles. The van der Waals surface area contributed by atoms with Gasteiger partial charge in [-0.05, 0) is 78.7 Å². The number of likely N-dealkylation sites (N-methyl/N-ethyl adjacent to an activating group) is 1. The van der Waals surface area contributed by atoms with Crippen LogP contribution < -0.4 is 0 Å². The highest BCUT2D eigenvalue weighted by Crippen LogP contribution is 2.38. The normalized spacial score (nSPS) is 39.8. The average Bonchev–Trinajstić information content (AvgIpc) is 3.07. The van der Waals surface area contributed by atoms with Gasteiger partial charge < -0.3 is 39.2 Å². The number of ether oxygens (including phenoxy) is 4. The Labute approximate surface area is 302 Å². The molecule has 0 bridgehead atoms. The molecule has 13 atom stereocenters. The minimum absolute atomic E-state index is 0.0353. The van der Waals surface area contributed by atoms with Gasteiger partial charge in [0.05, 0.1) is 30.5 Å². The van der Waals surface area contributed by atoms with Crippen LogP contribution in [-0.4, -0.2) is 113 Å². The van der Waals surface area contributed by atoms with Crippen molar-refractivity contribution in [2.24, 2.45) is 23.7 Å². The number of carbonyl (C=O) groups excluding carboxylic acids is 3. The maximum absolute atomic E-state index is 14.2. The quantitative estimate of drug-likeness (QED) is 0.258. The molecule has 2 aliphatic rings. The van der Waals surface area contributed by atoms with Crippen LogP contribution in [0.4, 0.5) is 0 Å². The van der Waals surface area contributed by atoms with Gasteiger partial charge in [-0.3, -0.25) is 14.4 Å². The number of aliphatic hydroxyl groups is 3. The van der Waals surface area contributed by atoms with Crippen molar-refractivity contribution in [1.82, 2.24) is 4.90 Å². The molecule has 282 valence electrons. The molecule has 12 heteroatoms. The lowest BCUT2D eigenvalue weighted by atomic mass is 9.74. The Morgan fingerprint density at radius 1 is 1.00 bits per heavy atom. The molecule has 50 heavy (non-hydrogen) atoms. The summed E-state index contributed by atoms with van der Waals surface area (Å²) >= 11 is 6.04. The number of Topliss-reactive ketones (excluding diaryl/α,β-unsaturated/α-hetero) is 2. The number of benzene rings is 1. The molecule has 0 spiro atoms. The van der Waals surface area contributed by atoms with E-state index in [1.54, 1.807) is 45.9 Å². The van der Waals surface area contributed by atoms with Crippen molar-refractivity contribution in [1.29, 1.82) is 0 Å². The molecule has 2 heterocycles. The summed E-state index contributed by atoms with van der Waals surface area (Å²) in [5.74, 6) is -5.85. The lowest BCUT2D eigenvalue weighted by Gasteiger charge is -2.47. The third-order valence-corrected chi connectivity index (χ3v) is 10.8. The van der Waals surface area contributed by atoms with E-state index < -0.39 is 77.3 Å². The molecule has 0 amide bonds. The van der Waals surface area contributed by atoms with Crippen LogP contribution in [-0.2, 0) is 33.3 Å². The van der Waals surface area contributed by atoms with E-state index in [-0.39, 0.29) is 37.4 Å². The van der Waals surface area contributed by atoms with Gasteiger partial charge in [-0.15, -0.1) is 0 Å². The van der Waals surface area contributed by atoms with Crippen molar-refractivity contribution in [3.05, 3.63) is 40.9 Å². The highest BCUT2D eigenvalue weighted by molar-refractivity contribution is 6.30. The number of nitrogens with zero attached hydrogens (tertiary/aromatic N) is 1. The van der Waals surface area contributed by atoms with E-state index in [1.165, 1.54) is 20.8 Å². The number of carbonyl (C=O) groups is 3. The van der Waals surface area contributed by atoms with Crippen LogP contribution in [0.1, 0.15) is 80.2 Å². The number of ketones is 2. The minimum atomic E-state index is -1.98. The van der Waals surface area contributed by atoms with E-state index in [0.29, 0.717) is 11.4 Å². The summed E-state index contributed by atoms with van der Waals surface area (Å²) in [6.07, 6.45) is -2.07. The molecule has 2 saturated heterocycles. The second-order valence-electron chi connectivity index (χ2n) is 14.9. The maximum Gasteiger partial charge on any atom is 0.316 e. The first-order chi connectivity index (χ1) is 23.2. The van der Waals surface area contributed by atoms with Gasteiger partial charge in [0.2, 0.25) is 0 Å². The fraction of sp³-hybridized carbons (Fsp3) is 0.711. The molecule has 0 aliphatic carbocycles. The van der Waals surface area contributed by atoms with Crippen LogP contribution in [0, 0.1) is 23.7 Å². The third-order valence-electron chi connectivity index (χ3n) is 10.5. The molecule has 1 aromatic rings. The summed E-state index contributed by atoms with van der Waals surface area (Å²) in [7, 11) is 3.71. The molecule has 2 fully saturated rings. The van der Waals surface area contributed by atoms with Crippen molar-refractivity contribution in [2.45, 2.75) is 129 Å². The summed E-state index contributed by atoms with van der Waals surface area (Å²) in [5, 5.41) is 34.8. The minimum Gasteiger partial charge on any atom is -0.459 e. The summed E-state index contributed by atoms with van der Waals surface area (Å²) < 4.78 is 25.0. The first-order valence-corrected chi connectivity index (χ1v) is 18.0. The number of hydrogen-bond donors (Lipinski definition) is 3. The second kappa shape index (κ2) is 17.5. The molecule has 0 aromatic heterocycles. The molecule has 2 aliphatic heterocycles. The summed E-state index contributed by atoms with van der Waals surface area (Å²) in [6.45, 7) is 13.0. The van der Waals surface area contributed by atoms with Gasteiger partial charge in [-0.2, -0.15) is 0 Å². The van der Waals surface area contributed by atoms with Crippen LogP contribution in [0.3, 0.4) is 0 Å². The number of esters is 1. The Kier molecular flexibility index (Phi) is 14.8. The Hall–Kier alpha value is -2.22. The molecular formula is C38H58ClNO10. The third kappa shape index (κ3) is 9.80. The number of rotatable bonds is 8. The van der Waals surface area contributed by atoms with Crippen LogP contribution in [0.5, 0.6) is 0 Å². The van der Waals surface area contributed by atoms with E-state index in [9.17, 15) is 29.7 Å². The van der Waals surface area contributed by atoms with Crippen LogP contribution >= 0.6 is 11.6 Å². The summed E-state index contributed by atoms with van der Waals surface area (Å²) in [4.78, 5) is 43.5. The standard InChI is InChI=1S/C38H58ClNO10/c1-11-29-38(8,46)33(44)23(4)30(41)21(2)20-37(7,47-18-12-13-26-14-16-27(39)17-15-26)34(24(5)31(42)25(6)35(45)49-29)50-36-32(43)28(40(9)10)19-22(3)48-36/h12-17,21-25,28-29,32-34,36,43-44,46H,11,18-20H2,1-10H3/b13-12+/t21-,22-,23+,24+,25-,28+,29-,32-,33-,34-,36+,37-,38-/m1/s1. The molecule has 0 saturated carbocycles. The first kappa shape index (κ1) is 42.2. The largest absolute Gasteiger partial charge is 0.459 e. The first-order valence-electron chi connectivity index (χ1n) is 17.6. The smallest absolute Gasteiger partial charge is 0.316 e. The summed E-state index contributed by atoms with van der Waals surface area (Å²) in [6, 6.07) is 6.93. The van der Waals surface area contributed by atoms with Gasteiger partial charge in [0.1, 0.15) is 29.5 Å². The number of hydrogen-bond acceptors (Lipinski definition) is 11. The predicted molar refractivity (Wildman–Crippen MR) is 190 cm³/mol. The van der Waals surface area contributed by atoms with Crippen molar-refractivity contribution in [3.8, 4) is 0 Å². The topological polar surface area (TPSA) is 152 Å². The maximum atomic E-state index is 14.2. The van der Waals surface area contributed by atoms with E-state index in [2.05, 4.69) is 0 Å². The number of halogens is 1. The average molecular weight is 724 g/mol. The van der Waals surface area contributed by atoms with E-state index in [4.69, 9.17) is 30.5 Å². The van der Waals surface area contributed by atoms with Crippen molar-refractivity contribution < 1.29 is 48.7 Å². The van der Waals surface area contributed by atoms with Crippen molar-refractivity contribution in [3.63, 3.8) is 0 Å². The van der Waals surface area contributed by atoms with E-state index in [0.717, 1.165) is 5.56 Å². The lowest BCUT2D eigenvalue weighted by Crippen LogP contribution is -2.60. The molecular weight excluding hydrogens is 666 g/mol. The molecule has 0 unspecified atom stereocenters. The highest BCUT2D eigenvalue weighted by Gasteiger charge is 2.52. The van der Waals surface area contributed by atoms with E-state index >= 15 is 0 Å². The van der Waals surface area contributed by atoms with Crippen LogP contribution in [0.15, 0.2) is 30.3 Å². The monoisotopic (exact) mass is 723 g/mol. The second-order valence-corrected chi connectivity index (χ2v) is 15.4. The van der Waals surface area contributed by atoms with E-state index in [1.807, 2.05) is 44.1 Å². The molecule has 3 N–H and O–H groups in total. The Morgan fingerprint density at radius 2 is 1.62 bits per heavy atom. The zero-order valence-electron chi connectivity index (χ0n) is 31.2. The van der Waals surface area contributed by atoms with Gasteiger partial charge in [-0.1, -0.05) is 63.6 Å². The SMILES string of the molecule is CC[C@H]1OC(=O)[C@H](C)C(=O)[C@H](C)[C@@H](O[C@@H]2O[C@H](C)C[C@H](N(C)C)[C@H]2O)[C@](C)(OC/C=C/c2ccc(Cl)cc2)C[C@@H](C)C(=O)[C@H](C)[C@@H](O)[C@]1(C)O. The Bertz CT molecular complexity index is 1340.